The zero-order valence-electron chi connectivity index (χ0n) is 11.3. The van der Waals surface area contributed by atoms with Gasteiger partial charge in [0.15, 0.2) is 9.84 Å². The van der Waals surface area contributed by atoms with Crippen molar-refractivity contribution < 1.29 is 8.42 Å². The number of hydrogen-bond acceptors (Lipinski definition) is 7. The second-order valence-corrected chi connectivity index (χ2v) is 8.17. The van der Waals surface area contributed by atoms with Crippen molar-refractivity contribution in [2.45, 2.75) is 6.42 Å². The number of nitrogens with two attached hydrogens (primary N) is 1. The van der Waals surface area contributed by atoms with Crippen molar-refractivity contribution >= 4 is 32.2 Å². The van der Waals surface area contributed by atoms with E-state index in [0.717, 1.165) is 16.1 Å². The maximum atomic E-state index is 11.5. The summed E-state index contributed by atoms with van der Waals surface area (Å²) in [6, 6.07) is 3.78. The molecule has 1 aliphatic rings. The first-order valence-electron chi connectivity index (χ1n) is 6.65. The van der Waals surface area contributed by atoms with Gasteiger partial charge in [0.25, 0.3) is 0 Å². The number of hydrogen-bond donors (Lipinski definition) is 2. The zero-order chi connectivity index (χ0) is 14.9. The number of nitrogen functional groups attached to an aromatic ring is 1. The number of aromatic nitrogens is 2. The van der Waals surface area contributed by atoms with Gasteiger partial charge in [-0.25, -0.2) is 8.42 Å². The molecule has 0 saturated carbocycles. The quantitative estimate of drug-likeness (QED) is 0.887. The maximum absolute atomic E-state index is 11.5. The van der Waals surface area contributed by atoms with Crippen LogP contribution >= 0.6 is 11.5 Å². The summed E-state index contributed by atoms with van der Waals surface area (Å²) in [7, 11) is -2.84. The zero-order valence-corrected chi connectivity index (χ0v) is 13.0. The van der Waals surface area contributed by atoms with Crippen molar-refractivity contribution in [2.75, 3.05) is 29.1 Å². The molecule has 8 heteroatoms. The van der Waals surface area contributed by atoms with Crippen molar-refractivity contribution in [1.29, 1.82) is 0 Å². The van der Waals surface area contributed by atoms with Gasteiger partial charge >= 0.3 is 0 Å². The minimum atomic E-state index is -2.84. The third-order valence-corrected chi connectivity index (χ3v) is 6.20. The summed E-state index contributed by atoms with van der Waals surface area (Å²) in [6.45, 7) is 0.619. The molecular weight excluding hydrogens is 308 g/mol. The van der Waals surface area contributed by atoms with Crippen LogP contribution in [0.1, 0.15) is 6.42 Å². The molecule has 2 aromatic heterocycles. The first-order chi connectivity index (χ1) is 10.1. The molecule has 0 aromatic carbocycles. The molecule has 3 heterocycles. The van der Waals surface area contributed by atoms with Crippen molar-refractivity contribution in [1.82, 2.24) is 9.36 Å². The van der Waals surface area contributed by atoms with E-state index in [1.807, 2.05) is 12.1 Å². The van der Waals surface area contributed by atoms with Gasteiger partial charge in [0.2, 0.25) is 0 Å². The lowest BCUT2D eigenvalue weighted by molar-refractivity contribution is 0.596. The van der Waals surface area contributed by atoms with Gasteiger partial charge < -0.3 is 11.1 Å². The summed E-state index contributed by atoms with van der Waals surface area (Å²) in [5, 5.41) is 4.16. The van der Waals surface area contributed by atoms with Crippen LogP contribution in [0, 0.1) is 5.92 Å². The molecule has 2 aromatic rings. The van der Waals surface area contributed by atoms with Gasteiger partial charge in [-0.2, -0.15) is 4.37 Å². The van der Waals surface area contributed by atoms with Crippen LogP contribution < -0.4 is 11.1 Å². The molecule has 0 amide bonds. The lowest BCUT2D eigenvalue weighted by atomic mass is 10.1. The fourth-order valence-corrected chi connectivity index (χ4v) is 5.09. The molecule has 0 aliphatic carbocycles. The monoisotopic (exact) mass is 324 g/mol. The molecule has 1 fully saturated rings. The summed E-state index contributed by atoms with van der Waals surface area (Å²) in [4.78, 5) is 4.09. The Kier molecular flexibility index (Phi) is 3.81. The fraction of sp³-hybridized carbons (Fsp3) is 0.385. The highest BCUT2D eigenvalue weighted by molar-refractivity contribution is 7.91. The van der Waals surface area contributed by atoms with E-state index in [0.29, 0.717) is 24.5 Å². The van der Waals surface area contributed by atoms with Gasteiger partial charge in [0.1, 0.15) is 10.8 Å². The molecule has 21 heavy (non-hydrogen) atoms. The molecule has 6 nitrogen and oxygen atoms in total. The van der Waals surface area contributed by atoms with E-state index in [4.69, 9.17) is 5.73 Å². The van der Waals surface area contributed by atoms with E-state index >= 15 is 0 Å². The molecular formula is C13H16N4O2S2. The molecule has 3 N–H and O–H groups in total. The van der Waals surface area contributed by atoms with Crippen molar-refractivity contribution in [3.8, 4) is 11.1 Å². The Hall–Kier alpha value is -1.67. The van der Waals surface area contributed by atoms with E-state index in [2.05, 4.69) is 14.7 Å². The standard InChI is InChI=1S/C13H16N4O2S2/c14-12-11(10-2-1-4-15-7-10)13(20-17-12)16-6-9-3-5-21(18,19)8-9/h1-2,4,7,9,16H,3,5-6,8H2,(H2,14,17). The van der Waals surface area contributed by atoms with Crippen LogP contribution in [-0.2, 0) is 9.84 Å². The Morgan fingerprint density at radius 3 is 3.00 bits per heavy atom. The van der Waals surface area contributed by atoms with E-state index in [1.54, 1.807) is 12.4 Å². The Morgan fingerprint density at radius 1 is 1.48 bits per heavy atom. The molecule has 112 valence electrons. The Morgan fingerprint density at radius 2 is 2.33 bits per heavy atom. The van der Waals surface area contributed by atoms with Crippen LogP contribution in [0.2, 0.25) is 0 Å². The van der Waals surface area contributed by atoms with E-state index < -0.39 is 9.84 Å². The van der Waals surface area contributed by atoms with Gasteiger partial charge in [-0.05, 0) is 29.9 Å². The summed E-state index contributed by atoms with van der Waals surface area (Å²) in [5.41, 5.74) is 7.69. The van der Waals surface area contributed by atoms with Crippen molar-refractivity contribution in [2.24, 2.45) is 5.92 Å². The second kappa shape index (κ2) is 5.61. The topological polar surface area (TPSA) is 98.0 Å². The second-order valence-electron chi connectivity index (χ2n) is 5.16. The van der Waals surface area contributed by atoms with Gasteiger partial charge in [-0.1, -0.05) is 6.07 Å². The van der Waals surface area contributed by atoms with E-state index in [1.165, 1.54) is 11.5 Å². The van der Waals surface area contributed by atoms with Crippen molar-refractivity contribution in [3.05, 3.63) is 24.5 Å². The highest BCUT2D eigenvalue weighted by Crippen LogP contribution is 2.36. The average Bonchev–Trinajstić information content (AvgIpc) is 3.00. The average molecular weight is 324 g/mol. The van der Waals surface area contributed by atoms with E-state index in [-0.39, 0.29) is 11.7 Å². The highest BCUT2D eigenvalue weighted by atomic mass is 32.2. The predicted octanol–water partition coefficient (Wildman–Crippen LogP) is 1.63. The summed E-state index contributed by atoms with van der Waals surface area (Å²) >= 11 is 1.29. The molecule has 3 rings (SSSR count). The SMILES string of the molecule is Nc1nsc(NCC2CCS(=O)(=O)C2)c1-c1cccnc1. The number of nitrogens with one attached hydrogen (secondary N) is 1. The predicted molar refractivity (Wildman–Crippen MR) is 85.0 cm³/mol. The van der Waals surface area contributed by atoms with Crippen molar-refractivity contribution in [3.63, 3.8) is 0 Å². The highest BCUT2D eigenvalue weighted by Gasteiger charge is 2.28. The molecule has 0 spiro atoms. The van der Waals surface area contributed by atoms with Gasteiger partial charge in [0, 0.05) is 24.5 Å². The smallest absolute Gasteiger partial charge is 0.150 e. The number of anilines is 2. The lowest BCUT2D eigenvalue weighted by Gasteiger charge is -2.10. The summed E-state index contributed by atoms with van der Waals surface area (Å²) in [5.74, 6) is 1.17. The minimum Gasteiger partial charge on any atom is -0.382 e. The largest absolute Gasteiger partial charge is 0.382 e. The van der Waals surface area contributed by atoms with Crippen LogP contribution in [0.3, 0.4) is 0 Å². The third-order valence-electron chi connectivity index (χ3n) is 3.55. The Labute approximate surface area is 127 Å². The molecule has 1 atom stereocenters. The van der Waals surface area contributed by atoms with Crippen LogP contribution in [0.4, 0.5) is 10.8 Å². The fourth-order valence-electron chi connectivity index (χ4n) is 2.48. The Bertz CT molecular complexity index is 728. The molecule has 0 radical (unpaired) electrons. The van der Waals surface area contributed by atoms with Crippen LogP contribution in [0.5, 0.6) is 0 Å². The maximum Gasteiger partial charge on any atom is 0.150 e. The minimum absolute atomic E-state index is 0.153. The van der Waals surface area contributed by atoms with Crippen LogP contribution in [0.15, 0.2) is 24.5 Å². The lowest BCUT2D eigenvalue weighted by Crippen LogP contribution is -2.15. The number of nitrogens with zero attached hydrogens (tertiary/aromatic N) is 2. The summed E-state index contributed by atoms with van der Waals surface area (Å²) < 4.78 is 27.1. The number of pyridine rings is 1. The van der Waals surface area contributed by atoms with Gasteiger partial charge in [-0.3, -0.25) is 4.98 Å². The number of rotatable bonds is 4. The molecule has 0 bridgehead atoms. The molecule has 1 saturated heterocycles. The van der Waals surface area contributed by atoms with Crippen LogP contribution in [0.25, 0.3) is 11.1 Å². The van der Waals surface area contributed by atoms with E-state index in [9.17, 15) is 8.42 Å². The third kappa shape index (κ3) is 3.16. The van der Waals surface area contributed by atoms with Crippen LogP contribution in [-0.4, -0.2) is 35.8 Å². The van der Waals surface area contributed by atoms with Gasteiger partial charge in [-0.15, -0.1) is 0 Å². The Balaban J connectivity index is 1.75. The summed E-state index contributed by atoms with van der Waals surface area (Å²) in [6.07, 6.45) is 4.16. The first kappa shape index (κ1) is 14.3. The normalized spacial score (nSPS) is 20.5. The molecule has 1 aliphatic heterocycles. The van der Waals surface area contributed by atoms with Gasteiger partial charge in [0.05, 0.1) is 17.1 Å². The molecule has 1 unspecified atom stereocenters. The number of sulfone groups is 1. The first-order valence-corrected chi connectivity index (χ1v) is 9.24.